The fourth-order valence-electron chi connectivity index (χ4n) is 5.61. The first-order valence-electron chi connectivity index (χ1n) is 12.0. The lowest BCUT2D eigenvalue weighted by atomic mass is 9.71. The van der Waals surface area contributed by atoms with E-state index >= 15 is 0 Å². The van der Waals surface area contributed by atoms with Crippen LogP contribution in [0.3, 0.4) is 0 Å². The highest BCUT2D eigenvalue weighted by molar-refractivity contribution is 7.89. The Balaban J connectivity index is 1.49. The molecule has 0 unspecified atom stereocenters. The molecule has 3 aromatic rings. The molecular formula is C26H28FN3O6S. The van der Waals surface area contributed by atoms with Gasteiger partial charge in [0.2, 0.25) is 0 Å². The minimum absolute atomic E-state index is 0.0150. The summed E-state index contributed by atoms with van der Waals surface area (Å²) < 4.78 is 45.4. The van der Waals surface area contributed by atoms with E-state index in [-0.39, 0.29) is 24.3 Å². The van der Waals surface area contributed by atoms with Crippen LogP contribution in [0.15, 0.2) is 42.5 Å². The Bertz CT molecular complexity index is 1510. The molecule has 3 N–H and O–H groups in total. The zero-order valence-electron chi connectivity index (χ0n) is 20.3. The number of carbonyl (C=O) groups is 2. The number of amides is 1. The minimum atomic E-state index is -3.45. The van der Waals surface area contributed by atoms with Crippen LogP contribution in [0.25, 0.3) is 22.0 Å². The van der Waals surface area contributed by atoms with Gasteiger partial charge in [-0.3, -0.25) is 0 Å². The third-order valence-corrected chi connectivity index (χ3v) is 8.06. The average molecular weight is 530 g/mol. The van der Waals surface area contributed by atoms with E-state index in [4.69, 9.17) is 10.5 Å². The normalized spacial score (nSPS) is 21.4. The molecule has 1 aliphatic heterocycles. The van der Waals surface area contributed by atoms with Gasteiger partial charge in [0.1, 0.15) is 17.1 Å². The number of sulfone groups is 1. The number of benzene rings is 2. The Morgan fingerprint density at radius 1 is 1.22 bits per heavy atom. The van der Waals surface area contributed by atoms with Crippen LogP contribution in [0.1, 0.15) is 28.9 Å². The van der Waals surface area contributed by atoms with Gasteiger partial charge in [0.15, 0.2) is 9.84 Å². The van der Waals surface area contributed by atoms with Crippen molar-refractivity contribution in [1.82, 2.24) is 9.47 Å². The first kappa shape index (κ1) is 25.2. The van der Waals surface area contributed by atoms with Gasteiger partial charge in [0.25, 0.3) is 0 Å². The molecule has 37 heavy (non-hydrogen) atoms. The number of aromatic nitrogens is 1. The van der Waals surface area contributed by atoms with Gasteiger partial charge < -0.3 is 25.0 Å². The number of carbonyl (C=O) groups excluding carboxylic acids is 1. The van der Waals surface area contributed by atoms with Crippen molar-refractivity contribution in [3.8, 4) is 11.1 Å². The van der Waals surface area contributed by atoms with Crippen molar-refractivity contribution in [1.29, 1.82) is 0 Å². The summed E-state index contributed by atoms with van der Waals surface area (Å²) in [6.45, 7) is 1.43. The first-order valence-corrected chi connectivity index (χ1v) is 14.1. The number of fused-ring (bicyclic) bond motifs is 1. The van der Waals surface area contributed by atoms with Crippen molar-refractivity contribution >= 4 is 32.8 Å². The summed E-state index contributed by atoms with van der Waals surface area (Å²) in [7, 11) is -3.45. The van der Waals surface area contributed by atoms with Crippen molar-refractivity contribution in [3.63, 3.8) is 0 Å². The van der Waals surface area contributed by atoms with Crippen LogP contribution in [0.2, 0.25) is 0 Å². The molecular weight excluding hydrogens is 501 g/mol. The van der Waals surface area contributed by atoms with Crippen LogP contribution >= 0.6 is 0 Å². The smallest absolute Gasteiger partial charge is 0.410 e. The second kappa shape index (κ2) is 9.14. The van der Waals surface area contributed by atoms with Crippen LogP contribution in [-0.2, 0) is 26.9 Å². The highest BCUT2D eigenvalue weighted by atomic mass is 32.2. The standard InChI is InChI=1S/C26H28FN3O6S/c1-37(34,35)14-18-7-6-17(10-20(18)27)22-19-4-2-3-5-21(19)30(23(22)24(31)32)9-8-29-15-26(36-25(29)33)11-16(12-26)13-28/h2-7,10,16H,8-9,11-15,28H2,1H3,(H,31,32). The summed E-state index contributed by atoms with van der Waals surface area (Å²) in [5, 5.41) is 10.8. The molecule has 2 fully saturated rings. The summed E-state index contributed by atoms with van der Waals surface area (Å²) in [4.78, 5) is 26.6. The van der Waals surface area contributed by atoms with Crippen molar-refractivity contribution in [2.45, 2.75) is 30.7 Å². The predicted molar refractivity (Wildman–Crippen MR) is 135 cm³/mol. The number of rotatable bonds is 8. The third-order valence-electron chi connectivity index (χ3n) is 7.22. The quantitative estimate of drug-likeness (QED) is 0.458. The first-order chi connectivity index (χ1) is 17.5. The van der Waals surface area contributed by atoms with Gasteiger partial charge in [-0.1, -0.05) is 30.3 Å². The van der Waals surface area contributed by atoms with Crippen LogP contribution in [0.5, 0.6) is 0 Å². The third kappa shape index (κ3) is 4.69. The van der Waals surface area contributed by atoms with E-state index < -0.39 is 39.1 Å². The topological polar surface area (TPSA) is 132 Å². The molecule has 1 amide bonds. The van der Waals surface area contributed by atoms with Gasteiger partial charge in [0, 0.05) is 41.4 Å². The molecule has 1 aromatic heterocycles. The number of hydrogen-bond donors (Lipinski definition) is 2. The molecule has 0 atom stereocenters. The number of carboxylic acid groups (broad SMARTS) is 1. The van der Waals surface area contributed by atoms with Crippen LogP contribution in [0.4, 0.5) is 9.18 Å². The van der Waals surface area contributed by atoms with Gasteiger partial charge in [-0.2, -0.15) is 0 Å². The second-order valence-corrected chi connectivity index (χ2v) is 12.2. The minimum Gasteiger partial charge on any atom is -0.477 e. The Kier molecular flexibility index (Phi) is 6.23. The van der Waals surface area contributed by atoms with E-state index in [0.29, 0.717) is 41.0 Å². The van der Waals surface area contributed by atoms with Crippen molar-refractivity contribution in [3.05, 3.63) is 59.5 Å². The summed E-state index contributed by atoms with van der Waals surface area (Å²) in [6, 6.07) is 11.2. The monoisotopic (exact) mass is 529 g/mol. The highest BCUT2D eigenvalue weighted by Crippen LogP contribution is 2.44. The molecule has 1 aliphatic carbocycles. The molecule has 1 saturated heterocycles. The lowest BCUT2D eigenvalue weighted by molar-refractivity contribution is -0.0438. The number of halogens is 1. The largest absolute Gasteiger partial charge is 0.477 e. The van der Waals surface area contributed by atoms with E-state index in [1.165, 1.54) is 18.2 Å². The van der Waals surface area contributed by atoms with E-state index in [2.05, 4.69) is 0 Å². The lowest BCUT2D eigenvalue weighted by Gasteiger charge is -2.42. The zero-order valence-corrected chi connectivity index (χ0v) is 21.1. The number of para-hydroxylation sites is 1. The van der Waals surface area contributed by atoms with Crippen molar-refractivity contribution in [2.24, 2.45) is 11.7 Å². The van der Waals surface area contributed by atoms with Gasteiger partial charge in [-0.05, 0) is 43.0 Å². The number of nitrogens with two attached hydrogens (primary N) is 1. The van der Waals surface area contributed by atoms with Gasteiger partial charge in [-0.15, -0.1) is 0 Å². The molecule has 2 heterocycles. The summed E-state index contributed by atoms with van der Waals surface area (Å²) in [5.74, 6) is -2.03. The molecule has 1 saturated carbocycles. The maximum Gasteiger partial charge on any atom is 0.410 e. The highest BCUT2D eigenvalue weighted by Gasteiger charge is 2.53. The Labute approximate surface area is 213 Å². The summed E-state index contributed by atoms with van der Waals surface area (Å²) in [5.41, 5.74) is 6.47. The Morgan fingerprint density at radius 2 is 1.95 bits per heavy atom. The number of aromatic carboxylic acids is 1. The molecule has 1 spiro atoms. The molecule has 11 heteroatoms. The van der Waals surface area contributed by atoms with Gasteiger partial charge >= 0.3 is 12.1 Å². The lowest BCUT2D eigenvalue weighted by Crippen LogP contribution is -2.49. The fourth-order valence-corrected chi connectivity index (χ4v) is 6.41. The number of nitrogens with zero attached hydrogens (tertiary/aromatic N) is 2. The average Bonchev–Trinajstić information content (AvgIpc) is 3.32. The zero-order chi connectivity index (χ0) is 26.5. The van der Waals surface area contributed by atoms with Crippen LogP contribution < -0.4 is 5.73 Å². The fraction of sp³-hybridized carbons (Fsp3) is 0.385. The maximum atomic E-state index is 14.9. The van der Waals surface area contributed by atoms with Crippen LogP contribution in [-0.4, -0.2) is 66.5 Å². The van der Waals surface area contributed by atoms with Crippen molar-refractivity contribution < 1.29 is 32.2 Å². The van der Waals surface area contributed by atoms with Gasteiger partial charge in [0.05, 0.1) is 12.3 Å². The van der Waals surface area contributed by atoms with Crippen molar-refractivity contribution in [2.75, 3.05) is 25.9 Å². The predicted octanol–water partition coefficient (Wildman–Crippen LogP) is 3.25. The molecule has 0 bridgehead atoms. The van der Waals surface area contributed by atoms with Crippen LogP contribution in [0, 0.1) is 11.7 Å². The maximum absolute atomic E-state index is 14.9. The van der Waals surface area contributed by atoms with E-state index in [1.807, 2.05) is 0 Å². The molecule has 196 valence electrons. The second-order valence-electron chi connectivity index (χ2n) is 10.1. The molecule has 2 aromatic carbocycles. The molecule has 2 aliphatic rings. The SMILES string of the molecule is CS(=O)(=O)Cc1ccc(-c2c(C(=O)O)n(CCN3CC4(CC(CN)C4)OC3=O)c3ccccc23)cc1F. The van der Waals surface area contributed by atoms with E-state index in [0.717, 1.165) is 19.1 Å². The molecule has 9 nitrogen and oxygen atoms in total. The Hall–Kier alpha value is -3.44. The van der Waals surface area contributed by atoms with E-state index in [1.54, 1.807) is 33.7 Å². The van der Waals surface area contributed by atoms with E-state index in [9.17, 15) is 27.5 Å². The molecule has 0 radical (unpaired) electrons. The molecule has 5 rings (SSSR count). The number of ether oxygens (including phenoxy) is 1. The number of carboxylic acids is 1. The Morgan fingerprint density at radius 3 is 2.59 bits per heavy atom. The number of hydrogen-bond acceptors (Lipinski definition) is 6. The summed E-state index contributed by atoms with van der Waals surface area (Å²) >= 11 is 0. The van der Waals surface area contributed by atoms with Gasteiger partial charge in [-0.25, -0.2) is 22.4 Å². The summed E-state index contributed by atoms with van der Waals surface area (Å²) in [6.07, 6.45) is 2.05.